The van der Waals surface area contributed by atoms with Gasteiger partial charge in [0, 0.05) is 9.58 Å². The Morgan fingerprint density at radius 3 is 2.86 bits per heavy atom. The lowest BCUT2D eigenvalue weighted by Crippen LogP contribution is -1.70. The van der Waals surface area contributed by atoms with Crippen molar-refractivity contribution >= 4 is 27.5 Å². The fraction of sp³-hybridized carbons (Fsp3) is 0.0769. The highest BCUT2D eigenvalue weighted by Crippen LogP contribution is 2.31. The maximum absolute atomic E-state index is 3.69. The van der Waals surface area contributed by atoms with Gasteiger partial charge in [0.15, 0.2) is 0 Å². The van der Waals surface area contributed by atoms with Crippen LogP contribution in [0.1, 0.15) is 10.4 Å². The molecule has 2 rings (SSSR count). The smallest absolute Gasteiger partial charge is 0.0351 e. The van der Waals surface area contributed by atoms with E-state index < -0.39 is 0 Å². The minimum atomic E-state index is 1.32. The zero-order valence-electron chi connectivity index (χ0n) is 8.16. The Morgan fingerprint density at radius 2 is 2.07 bits per heavy atom. The van der Waals surface area contributed by atoms with E-state index in [0.29, 0.717) is 0 Å². The van der Waals surface area contributed by atoms with Crippen LogP contribution in [0.25, 0.3) is 16.2 Å². The topological polar surface area (TPSA) is 0 Å². The fourth-order valence-corrected chi connectivity index (χ4v) is 2.61. The summed E-state index contributed by atoms with van der Waals surface area (Å²) in [6.45, 7) is 5.85. The van der Waals surface area contributed by atoms with Gasteiger partial charge in [-0.3, -0.25) is 0 Å². The summed E-state index contributed by atoms with van der Waals surface area (Å²) in [5.74, 6) is 0. The van der Waals surface area contributed by atoms with Crippen molar-refractivity contribution in [2.45, 2.75) is 6.92 Å². The molecule has 0 aliphatic heterocycles. The first-order chi connectivity index (χ1) is 6.83. The summed E-state index contributed by atoms with van der Waals surface area (Å²) < 4.78 is 1.36. The molecule has 0 spiro atoms. The van der Waals surface area contributed by atoms with Crippen molar-refractivity contribution in [2.75, 3.05) is 0 Å². The third-order valence-electron chi connectivity index (χ3n) is 2.22. The maximum Gasteiger partial charge on any atom is 0.0351 e. The Kier molecular flexibility index (Phi) is 2.51. The zero-order valence-corrected chi connectivity index (χ0v) is 8.97. The lowest BCUT2D eigenvalue weighted by molar-refractivity contribution is 1.62. The Bertz CT molecular complexity index is 489. The molecule has 0 aliphatic carbocycles. The Labute approximate surface area is 88.2 Å². The molecule has 0 amide bonds. The van der Waals surface area contributed by atoms with Gasteiger partial charge >= 0.3 is 0 Å². The first-order valence-corrected chi connectivity index (χ1v) is 5.42. The van der Waals surface area contributed by atoms with Crippen LogP contribution in [0.4, 0.5) is 0 Å². The number of hydrogen-bond acceptors (Lipinski definition) is 1. The molecule has 1 heterocycles. The summed E-state index contributed by atoms with van der Waals surface area (Å²) in [5.41, 5.74) is 1.32. The lowest BCUT2D eigenvalue weighted by Gasteiger charge is -1.91. The van der Waals surface area contributed by atoms with E-state index >= 15 is 0 Å². The van der Waals surface area contributed by atoms with Crippen molar-refractivity contribution in [1.29, 1.82) is 0 Å². The molecule has 14 heavy (non-hydrogen) atoms. The van der Waals surface area contributed by atoms with E-state index in [1.165, 1.54) is 20.5 Å². The third-order valence-corrected chi connectivity index (χ3v) is 3.32. The van der Waals surface area contributed by atoms with Crippen molar-refractivity contribution in [3.8, 4) is 0 Å². The second-order valence-corrected chi connectivity index (χ2v) is 4.42. The molecule has 0 nitrogen and oxygen atoms in total. The summed E-state index contributed by atoms with van der Waals surface area (Å²) in [6.07, 6.45) is 5.93. The molecule has 70 valence electrons. The molecular formula is C13H12S. The molecule has 0 saturated carbocycles. The number of rotatable bonds is 2. The van der Waals surface area contributed by atoms with Crippen LogP contribution < -0.4 is 0 Å². The molecule has 0 fully saturated rings. The average Bonchev–Trinajstić information content (AvgIpc) is 2.51. The highest BCUT2D eigenvalue weighted by molar-refractivity contribution is 7.19. The minimum absolute atomic E-state index is 1.32. The van der Waals surface area contributed by atoms with Gasteiger partial charge in [0.25, 0.3) is 0 Å². The fourth-order valence-electron chi connectivity index (χ4n) is 1.56. The van der Waals surface area contributed by atoms with Crippen molar-refractivity contribution in [2.24, 2.45) is 0 Å². The number of aryl methyl sites for hydroxylation is 1. The van der Waals surface area contributed by atoms with E-state index in [-0.39, 0.29) is 0 Å². The van der Waals surface area contributed by atoms with Crippen molar-refractivity contribution in [1.82, 2.24) is 0 Å². The molecule has 0 unspecified atom stereocenters. The van der Waals surface area contributed by atoms with Crippen LogP contribution in [0.2, 0.25) is 0 Å². The van der Waals surface area contributed by atoms with E-state index in [4.69, 9.17) is 0 Å². The van der Waals surface area contributed by atoms with Crippen molar-refractivity contribution < 1.29 is 0 Å². The Morgan fingerprint density at radius 1 is 1.29 bits per heavy atom. The first kappa shape index (κ1) is 9.22. The zero-order chi connectivity index (χ0) is 9.97. The average molecular weight is 200 g/mol. The molecule has 0 atom stereocenters. The van der Waals surface area contributed by atoms with Gasteiger partial charge in [-0.05, 0) is 23.9 Å². The standard InChI is InChI=1S/C13H12S/c1-3-4-7-11-10(2)14-13-9-6-5-8-12(11)13/h3-9H,1H2,2H3/b7-4-. The maximum atomic E-state index is 3.69. The molecule has 0 N–H and O–H groups in total. The second-order valence-electron chi connectivity index (χ2n) is 3.16. The van der Waals surface area contributed by atoms with E-state index in [2.05, 4.69) is 43.8 Å². The summed E-state index contributed by atoms with van der Waals surface area (Å²) in [6, 6.07) is 8.50. The van der Waals surface area contributed by atoms with Gasteiger partial charge in [0.2, 0.25) is 0 Å². The van der Waals surface area contributed by atoms with Crippen LogP contribution in [-0.4, -0.2) is 0 Å². The van der Waals surface area contributed by atoms with Crippen molar-refractivity contribution in [3.05, 3.63) is 53.4 Å². The largest absolute Gasteiger partial charge is 0.140 e. The van der Waals surface area contributed by atoms with E-state index in [0.717, 1.165) is 0 Å². The summed E-state index contributed by atoms with van der Waals surface area (Å²) in [7, 11) is 0. The highest BCUT2D eigenvalue weighted by Gasteiger charge is 2.04. The number of hydrogen-bond donors (Lipinski definition) is 0. The monoisotopic (exact) mass is 200 g/mol. The molecule has 0 aliphatic rings. The van der Waals surface area contributed by atoms with Gasteiger partial charge in [0.1, 0.15) is 0 Å². The first-order valence-electron chi connectivity index (χ1n) is 4.60. The van der Waals surface area contributed by atoms with E-state index in [9.17, 15) is 0 Å². The normalized spacial score (nSPS) is 11.2. The highest BCUT2D eigenvalue weighted by atomic mass is 32.1. The molecule has 2 aromatic rings. The molecular weight excluding hydrogens is 188 g/mol. The second kappa shape index (κ2) is 3.81. The molecule has 0 radical (unpaired) electrons. The number of thiophene rings is 1. The minimum Gasteiger partial charge on any atom is -0.140 e. The summed E-state index contributed by atoms with van der Waals surface area (Å²) in [5, 5.41) is 1.34. The predicted molar refractivity (Wildman–Crippen MR) is 65.8 cm³/mol. The van der Waals surface area contributed by atoms with Gasteiger partial charge in [0.05, 0.1) is 0 Å². The Balaban J connectivity index is 2.67. The van der Waals surface area contributed by atoms with Gasteiger partial charge in [-0.15, -0.1) is 11.3 Å². The molecule has 1 aromatic carbocycles. The predicted octanol–water partition coefficient (Wildman–Crippen LogP) is 4.41. The number of allylic oxidation sites excluding steroid dienone is 2. The summed E-state index contributed by atoms with van der Waals surface area (Å²) in [4.78, 5) is 1.37. The van der Waals surface area contributed by atoms with Crippen molar-refractivity contribution in [3.63, 3.8) is 0 Å². The lowest BCUT2D eigenvalue weighted by atomic mass is 10.1. The van der Waals surface area contributed by atoms with Crippen LogP contribution in [0, 0.1) is 6.92 Å². The van der Waals surface area contributed by atoms with Crippen LogP contribution in [0.3, 0.4) is 0 Å². The van der Waals surface area contributed by atoms with E-state index in [1.54, 1.807) is 0 Å². The molecule has 1 aromatic heterocycles. The number of benzene rings is 1. The van der Waals surface area contributed by atoms with Crippen LogP contribution >= 0.6 is 11.3 Å². The third kappa shape index (κ3) is 1.51. The van der Waals surface area contributed by atoms with E-state index in [1.807, 2.05) is 23.5 Å². The molecule has 0 bridgehead atoms. The SMILES string of the molecule is C=C/C=C\c1c(C)sc2ccccc12. The quantitative estimate of drug-likeness (QED) is 0.630. The van der Waals surface area contributed by atoms with Gasteiger partial charge in [-0.2, -0.15) is 0 Å². The van der Waals surface area contributed by atoms with Crippen LogP contribution in [0.15, 0.2) is 43.0 Å². The van der Waals surface area contributed by atoms with Crippen LogP contribution in [-0.2, 0) is 0 Å². The van der Waals surface area contributed by atoms with Gasteiger partial charge in [-0.25, -0.2) is 0 Å². The molecule has 1 heteroatoms. The summed E-state index contributed by atoms with van der Waals surface area (Å²) >= 11 is 1.84. The Hall–Kier alpha value is -1.34. The van der Waals surface area contributed by atoms with Gasteiger partial charge in [-0.1, -0.05) is 43.0 Å². The van der Waals surface area contributed by atoms with Gasteiger partial charge < -0.3 is 0 Å². The number of fused-ring (bicyclic) bond motifs is 1. The van der Waals surface area contributed by atoms with Crippen LogP contribution in [0.5, 0.6) is 0 Å². The molecule has 0 saturated heterocycles.